The number of rotatable bonds is 4. The van der Waals surface area contributed by atoms with Gasteiger partial charge >= 0.3 is 0 Å². The Morgan fingerprint density at radius 2 is 2.19 bits per heavy atom. The monoisotopic (exact) mass is 400 g/mol. The van der Waals surface area contributed by atoms with Crippen molar-refractivity contribution >= 4 is 45.7 Å². The summed E-state index contributed by atoms with van der Waals surface area (Å²) in [6.45, 7) is 2.41. The molecule has 7 nitrogen and oxygen atoms in total. The first-order chi connectivity index (χ1) is 10.2. The Hall–Kier alpha value is -1.29. The Morgan fingerprint density at radius 3 is 2.90 bits per heavy atom. The van der Waals surface area contributed by atoms with Crippen molar-refractivity contribution in [2.24, 2.45) is 7.05 Å². The van der Waals surface area contributed by atoms with Crippen LogP contribution < -0.4 is 5.32 Å². The lowest BCUT2D eigenvalue weighted by Crippen LogP contribution is -2.40. The SMILES string of the molecule is Cn1nc(I)c2ncnc(NC3CCN(CC=O)CC3)c21. The van der Waals surface area contributed by atoms with E-state index in [1.807, 2.05) is 11.7 Å². The molecule has 0 spiro atoms. The van der Waals surface area contributed by atoms with E-state index in [4.69, 9.17) is 0 Å². The fraction of sp³-hybridized carbons (Fsp3) is 0.538. The lowest BCUT2D eigenvalue weighted by atomic mass is 10.1. The number of aryl methyl sites for hydroxylation is 1. The van der Waals surface area contributed by atoms with Crippen molar-refractivity contribution < 1.29 is 4.79 Å². The van der Waals surface area contributed by atoms with Gasteiger partial charge in [0.15, 0.2) is 5.82 Å². The van der Waals surface area contributed by atoms with Crippen molar-refractivity contribution in [3.05, 3.63) is 10.0 Å². The van der Waals surface area contributed by atoms with Crippen molar-refractivity contribution in [2.45, 2.75) is 18.9 Å². The second-order valence-electron chi connectivity index (χ2n) is 5.22. The highest BCUT2D eigenvalue weighted by molar-refractivity contribution is 14.1. The van der Waals surface area contributed by atoms with Gasteiger partial charge in [-0.3, -0.25) is 9.58 Å². The molecule has 1 fully saturated rings. The normalized spacial score (nSPS) is 17.2. The van der Waals surface area contributed by atoms with Gasteiger partial charge in [-0.25, -0.2) is 9.97 Å². The number of carbonyl (C=O) groups excluding carboxylic acids is 1. The second-order valence-corrected chi connectivity index (χ2v) is 6.24. The Labute approximate surface area is 136 Å². The highest BCUT2D eigenvalue weighted by Crippen LogP contribution is 2.24. The molecule has 1 saturated heterocycles. The maximum atomic E-state index is 10.5. The first kappa shape index (κ1) is 14.6. The molecular weight excluding hydrogens is 383 g/mol. The highest BCUT2D eigenvalue weighted by atomic mass is 127. The van der Waals surface area contributed by atoms with Gasteiger partial charge < -0.3 is 10.1 Å². The molecule has 2 aromatic rings. The number of nitrogens with zero attached hydrogens (tertiary/aromatic N) is 5. The molecule has 0 atom stereocenters. The summed E-state index contributed by atoms with van der Waals surface area (Å²) in [5.41, 5.74) is 1.83. The fourth-order valence-corrected chi connectivity index (χ4v) is 3.45. The number of nitrogens with one attached hydrogen (secondary N) is 1. The van der Waals surface area contributed by atoms with E-state index in [9.17, 15) is 4.79 Å². The highest BCUT2D eigenvalue weighted by Gasteiger charge is 2.21. The van der Waals surface area contributed by atoms with Crippen LogP contribution in [-0.2, 0) is 11.8 Å². The van der Waals surface area contributed by atoms with E-state index in [1.165, 1.54) is 0 Å². The number of hydrogen-bond acceptors (Lipinski definition) is 6. The fourth-order valence-electron chi connectivity index (χ4n) is 2.73. The molecule has 112 valence electrons. The Balaban J connectivity index is 1.76. The Bertz CT molecular complexity index is 649. The first-order valence-electron chi connectivity index (χ1n) is 6.94. The number of carbonyl (C=O) groups is 1. The average Bonchev–Trinajstić information content (AvgIpc) is 2.78. The quantitative estimate of drug-likeness (QED) is 0.611. The molecule has 0 bridgehead atoms. The van der Waals surface area contributed by atoms with Crippen molar-refractivity contribution in [3.63, 3.8) is 0 Å². The number of aldehydes is 1. The predicted molar refractivity (Wildman–Crippen MR) is 88.2 cm³/mol. The summed E-state index contributed by atoms with van der Waals surface area (Å²) in [5, 5.41) is 7.90. The third-order valence-corrected chi connectivity index (χ3v) is 4.57. The number of piperidine rings is 1. The van der Waals surface area contributed by atoms with Crippen molar-refractivity contribution in [1.82, 2.24) is 24.6 Å². The minimum absolute atomic E-state index is 0.374. The summed E-state index contributed by atoms with van der Waals surface area (Å²) < 4.78 is 2.71. The summed E-state index contributed by atoms with van der Waals surface area (Å²) in [6, 6.07) is 0.374. The van der Waals surface area contributed by atoms with Gasteiger partial charge in [0.05, 0.1) is 6.54 Å². The van der Waals surface area contributed by atoms with Crippen LogP contribution in [0.2, 0.25) is 0 Å². The molecular formula is C13H17IN6O. The summed E-state index contributed by atoms with van der Waals surface area (Å²) >= 11 is 2.19. The molecule has 21 heavy (non-hydrogen) atoms. The molecule has 0 saturated carbocycles. The van der Waals surface area contributed by atoms with E-state index in [-0.39, 0.29) is 0 Å². The van der Waals surface area contributed by atoms with Crippen LogP contribution in [0, 0.1) is 3.70 Å². The van der Waals surface area contributed by atoms with Crippen molar-refractivity contribution in [3.8, 4) is 0 Å². The topological polar surface area (TPSA) is 75.9 Å². The molecule has 1 N–H and O–H groups in total. The lowest BCUT2D eigenvalue weighted by Gasteiger charge is -2.31. The Morgan fingerprint density at radius 1 is 1.43 bits per heavy atom. The van der Waals surface area contributed by atoms with Gasteiger partial charge in [-0.15, -0.1) is 0 Å². The molecule has 8 heteroatoms. The standard InChI is InChI=1S/C13H17IN6O/c1-19-11-10(12(14)18-19)15-8-16-13(11)17-9-2-4-20(5-3-9)6-7-21/h7-9H,2-6H2,1H3,(H,15,16,17). The van der Waals surface area contributed by atoms with Gasteiger partial charge in [0.2, 0.25) is 0 Å². The first-order valence-corrected chi connectivity index (χ1v) is 8.02. The number of likely N-dealkylation sites (tertiary alicyclic amines) is 1. The molecule has 0 aromatic carbocycles. The van der Waals surface area contributed by atoms with Crippen molar-refractivity contribution in [2.75, 3.05) is 25.0 Å². The largest absolute Gasteiger partial charge is 0.365 e. The van der Waals surface area contributed by atoms with Crippen LogP contribution in [0.25, 0.3) is 11.0 Å². The lowest BCUT2D eigenvalue weighted by molar-refractivity contribution is -0.109. The van der Waals surface area contributed by atoms with E-state index < -0.39 is 0 Å². The van der Waals surface area contributed by atoms with Gasteiger partial charge in [-0.2, -0.15) is 5.10 Å². The molecule has 3 heterocycles. The summed E-state index contributed by atoms with van der Waals surface area (Å²) in [4.78, 5) is 21.4. The molecule has 1 aliphatic rings. The third-order valence-electron chi connectivity index (χ3n) is 3.84. The zero-order valence-corrected chi connectivity index (χ0v) is 13.9. The van der Waals surface area contributed by atoms with Gasteiger partial charge in [-0.1, -0.05) is 0 Å². The third kappa shape index (κ3) is 3.00. The van der Waals surface area contributed by atoms with Crippen molar-refractivity contribution in [1.29, 1.82) is 0 Å². The number of hydrogen-bond donors (Lipinski definition) is 1. The van der Waals surface area contributed by atoms with Crippen LogP contribution in [0.5, 0.6) is 0 Å². The van der Waals surface area contributed by atoms with Crippen LogP contribution >= 0.6 is 22.6 Å². The predicted octanol–water partition coefficient (Wildman–Crippen LogP) is 1.04. The Kier molecular flexibility index (Phi) is 4.34. The summed E-state index contributed by atoms with van der Waals surface area (Å²) in [6.07, 6.45) is 4.57. The average molecular weight is 400 g/mol. The van der Waals surface area contributed by atoms with Gasteiger partial charge in [0.25, 0.3) is 0 Å². The minimum Gasteiger partial charge on any atom is -0.365 e. The van der Waals surface area contributed by atoms with E-state index in [0.29, 0.717) is 12.6 Å². The smallest absolute Gasteiger partial charge is 0.155 e. The molecule has 0 aliphatic carbocycles. The van der Waals surface area contributed by atoms with Gasteiger partial charge in [0.1, 0.15) is 27.3 Å². The van der Waals surface area contributed by atoms with Gasteiger partial charge in [0, 0.05) is 26.2 Å². The maximum absolute atomic E-state index is 10.5. The molecule has 1 aliphatic heterocycles. The van der Waals surface area contributed by atoms with Gasteiger partial charge in [-0.05, 0) is 35.4 Å². The van der Waals surface area contributed by atoms with E-state index in [0.717, 1.165) is 52.8 Å². The second kappa shape index (κ2) is 6.22. The molecule has 0 unspecified atom stereocenters. The van der Waals surface area contributed by atoms with Crippen LogP contribution in [0.4, 0.5) is 5.82 Å². The molecule has 2 aromatic heterocycles. The zero-order valence-electron chi connectivity index (χ0n) is 11.8. The van der Waals surface area contributed by atoms with E-state index in [1.54, 1.807) is 6.33 Å². The number of halogens is 1. The summed E-state index contributed by atoms with van der Waals surface area (Å²) in [5.74, 6) is 0.840. The number of fused-ring (bicyclic) bond motifs is 1. The maximum Gasteiger partial charge on any atom is 0.155 e. The van der Waals surface area contributed by atoms with Crippen LogP contribution in [0.1, 0.15) is 12.8 Å². The zero-order chi connectivity index (χ0) is 14.8. The van der Waals surface area contributed by atoms with Crippen LogP contribution in [-0.4, -0.2) is 56.6 Å². The molecule has 0 amide bonds. The van der Waals surface area contributed by atoms with Crippen LogP contribution in [0.3, 0.4) is 0 Å². The van der Waals surface area contributed by atoms with E-state index >= 15 is 0 Å². The summed E-state index contributed by atoms with van der Waals surface area (Å²) in [7, 11) is 1.91. The minimum atomic E-state index is 0.374. The molecule has 3 rings (SSSR count). The number of anilines is 1. The number of aromatic nitrogens is 4. The van der Waals surface area contributed by atoms with E-state index in [2.05, 4.69) is 47.9 Å². The molecule has 0 radical (unpaired) electrons. The van der Waals surface area contributed by atoms with Crippen LogP contribution in [0.15, 0.2) is 6.33 Å².